The zero-order valence-electron chi connectivity index (χ0n) is 18.0. The van der Waals surface area contributed by atoms with Crippen molar-refractivity contribution >= 4 is 44.1 Å². The van der Waals surface area contributed by atoms with Gasteiger partial charge in [-0.25, -0.2) is 9.37 Å². The Labute approximate surface area is 197 Å². The molecule has 4 aromatic rings. The average molecular weight is 479 g/mol. The van der Waals surface area contributed by atoms with Crippen molar-refractivity contribution in [2.75, 3.05) is 11.5 Å². The van der Waals surface area contributed by atoms with Gasteiger partial charge in [0.05, 0.1) is 28.7 Å². The first-order valence-corrected chi connectivity index (χ1v) is 11.4. The Hall–Kier alpha value is -3.98. The Morgan fingerprint density at radius 3 is 2.82 bits per heavy atom. The van der Waals surface area contributed by atoms with E-state index in [1.165, 1.54) is 29.4 Å². The molecule has 172 valence electrons. The number of thiazole rings is 1. The molecule has 0 aliphatic carbocycles. The van der Waals surface area contributed by atoms with Gasteiger partial charge in [0, 0.05) is 5.56 Å². The van der Waals surface area contributed by atoms with E-state index in [1.807, 2.05) is 6.92 Å². The molecule has 0 spiro atoms. The molecule has 1 unspecified atom stereocenters. The summed E-state index contributed by atoms with van der Waals surface area (Å²) < 4.78 is 25.4. The quantitative estimate of drug-likeness (QED) is 0.225. The molecule has 2 aromatic heterocycles. The molecule has 2 aromatic carbocycles. The molecule has 7 nitrogen and oxygen atoms in total. The van der Waals surface area contributed by atoms with E-state index in [-0.39, 0.29) is 22.2 Å². The molecule has 1 aliphatic rings. The fourth-order valence-corrected chi connectivity index (χ4v) is 4.86. The number of carbonyl (C=O) groups excluding carboxylic acids is 2. The monoisotopic (exact) mass is 478 g/mol. The second-order valence-corrected chi connectivity index (χ2v) is 8.68. The number of aliphatic hydroxyl groups is 1. The number of aliphatic hydroxyl groups excluding tert-OH is 1. The molecule has 1 aliphatic heterocycles. The van der Waals surface area contributed by atoms with Crippen LogP contribution in [-0.2, 0) is 9.59 Å². The van der Waals surface area contributed by atoms with Gasteiger partial charge in [0.15, 0.2) is 5.13 Å². The van der Waals surface area contributed by atoms with Gasteiger partial charge in [0.2, 0.25) is 0 Å². The summed E-state index contributed by atoms with van der Waals surface area (Å²) in [5.41, 5.74) is 0.690. The third kappa shape index (κ3) is 3.73. The van der Waals surface area contributed by atoms with Crippen molar-refractivity contribution in [3.63, 3.8) is 0 Å². The summed E-state index contributed by atoms with van der Waals surface area (Å²) in [5, 5.41) is 11.4. The highest BCUT2D eigenvalue weighted by Gasteiger charge is 2.49. The van der Waals surface area contributed by atoms with Gasteiger partial charge in [0.25, 0.3) is 5.78 Å². The van der Waals surface area contributed by atoms with Crippen LogP contribution in [0.3, 0.4) is 0 Å². The normalized spacial score (nSPS) is 17.6. The summed E-state index contributed by atoms with van der Waals surface area (Å²) in [7, 11) is 0. The number of ether oxygens (including phenoxy) is 1. The first kappa shape index (κ1) is 21.8. The maximum absolute atomic E-state index is 13.7. The number of aromatic nitrogens is 1. The minimum Gasteiger partial charge on any atom is -0.507 e. The van der Waals surface area contributed by atoms with Crippen LogP contribution < -0.4 is 9.64 Å². The van der Waals surface area contributed by atoms with Gasteiger partial charge in [0.1, 0.15) is 29.1 Å². The van der Waals surface area contributed by atoms with Gasteiger partial charge in [-0.1, -0.05) is 30.4 Å². The van der Waals surface area contributed by atoms with E-state index >= 15 is 0 Å². The smallest absolute Gasteiger partial charge is 0.302 e. The number of fused-ring (bicyclic) bond motifs is 1. The highest BCUT2D eigenvalue weighted by atomic mass is 32.1. The van der Waals surface area contributed by atoms with Crippen molar-refractivity contribution in [1.29, 1.82) is 0 Å². The number of anilines is 1. The Balaban J connectivity index is 1.65. The Bertz CT molecular complexity index is 1430. The van der Waals surface area contributed by atoms with Crippen molar-refractivity contribution in [2.45, 2.75) is 19.4 Å². The van der Waals surface area contributed by atoms with Crippen LogP contribution >= 0.6 is 11.3 Å². The molecule has 1 atom stereocenters. The van der Waals surface area contributed by atoms with E-state index < -0.39 is 23.5 Å². The van der Waals surface area contributed by atoms with Crippen molar-refractivity contribution in [3.05, 3.63) is 83.6 Å². The topological polar surface area (TPSA) is 92.9 Å². The molecule has 1 saturated heterocycles. The van der Waals surface area contributed by atoms with Crippen molar-refractivity contribution in [1.82, 2.24) is 4.98 Å². The fourth-order valence-electron chi connectivity index (χ4n) is 3.84. The van der Waals surface area contributed by atoms with E-state index in [2.05, 4.69) is 4.98 Å². The number of amides is 1. The van der Waals surface area contributed by atoms with Crippen molar-refractivity contribution in [3.8, 4) is 5.75 Å². The number of carbonyl (C=O) groups is 2. The summed E-state index contributed by atoms with van der Waals surface area (Å²) >= 11 is 1.07. The van der Waals surface area contributed by atoms with Crippen LogP contribution in [0.5, 0.6) is 5.75 Å². The molecular weight excluding hydrogens is 459 g/mol. The van der Waals surface area contributed by atoms with Crippen LogP contribution in [0, 0.1) is 5.82 Å². The SMILES string of the molecule is CCCOc1cccc(/C(O)=C2\C(=O)C(=O)N(c3nc4ccc(F)cc4s3)C2c2ccco2)c1. The van der Waals surface area contributed by atoms with Crippen LogP contribution in [0.1, 0.15) is 30.7 Å². The second-order valence-electron chi connectivity index (χ2n) is 7.67. The number of Topliss-reactive ketones (excluding diaryl/α,β-unsaturated/α-hetero) is 1. The molecule has 1 amide bonds. The number of nitrogens with zero attached hydrogens (tertiary/aromatic N) is 2. The number of hydrogen-bond acceptors (Lipinski definition) is 7. The molecule has 9 heteroatoms. The largest absolute Gasteiger partial charge is 0.507 e. The standard InChI is InChI=1S/C25H19FN2O5S/c1-2-10-32-16-6-3-5-14(12-16)22(29)20-21(18-7-4-11-33-18)28(24(31)23(20)30)25-27-17-9-8-15(26)13-19(17)34-25/h3-9,11-13,21,29H,2,10H2,1H3/b22-20+. The third-order valence-electron chi connectivity index (χ3n) is 5.38. The Morgan fingerprint density at radius 2 is 2.06 bits per heavy atom. The lowest BCUT2D eigenvalue weighted by molar-refractivity contribution is -0.132. The molecule has 1 N–H and O–H groups in total. The number of ketones is 1. The number of halogens is 1. The predicted molar refractivity (Wildman–Crippen MR) is 125 cm³/mol. The van der Waals surface area contributed by atoms with Gasteiger partial charge in [-0.15, -0.1) is 0 Å². The minimum atomic E-state index is -1.04. The summed E-state index contributed by atoms with van der Waals surface area (Å²) in [6, 6.07) is 13.0. The van der Waals surface area contributed by atoms with E-state index in [1.54, 1.807) is 36.4 Å². The van der Waals surface area contributed by atoms with E-state index in [9.17, 15) is 19.1 Å². The van der Waals surface area contributed by atoms with Gasteiger partial charge < -0.3 is 14.3 Å². The lowest BCUT2D eigenvalue weighted by atomic mass is 9.99. The van der Waals surface area contributed by atoms with Gasteiger partial charge >= 0.3 is 5.91 Å². The highest BCUT2D eigenvalue weighted by Crippen LogP contribution is 2.44. The van der Waals surface area contributed by atoms with Crippen molar-refractivity contribution in [2.24, 2.45) is 0 Å². The van der Waals surface area contributed by atoms with Crippen LogP contribution in [-0.4, -0.2) is 28.4 Å². The minimum absolute atomic E-state index is 0.127. The molecule has 1 fully saturated rings. The predicted octanol–water partition coefficient (Wildman–Crippen LogP) is 5.44. The fraction of sp³-hybridized carbons (Fsp3) is 0.160. The summed E-state index contributed by atoms with van der Waals surface area (Å²) in [4.78, 5) is 32.0. The molecule has 0 radical (unpaired) electrons. The maximum Gasteiger partial charge on any atom is 0.302 e. The molecular formula is C25H19FN2O5S. The Kier molecular flexibility index (Phi) is 5.62. The first-order chi connectivity index (χ1) is 16.5. The number of rotatable bonds is 6. The van der Waals surface area contributed by atoms with Crippen LogP contribution in [0.25, 0.3) is 16.0 Å². The average Bonchev–Trinajstić information content (AvgIpc) is 3.56. The molecule has 34 heavy (non-hydrogen) atoms. The molecule has 5 rings (SSSR count). The zero-order chi connectivity index (χ0) is 23.8. The maximum atomic E-state index is 13.7. The highest BCUT2D eigenvalue weighted by molar-refractivity contribution is 7.22. The summed E-state index contributed by atoms with van der Waals surface area (Å²) in [6.45, 7) is 2.48. The molecule has 0 saturated carbocycles. The number of furan rings is 1. The van der Waals surface area contributed by atoms with E-state index in [4.69, 9.17) is 9.15 Å². The van der Waals surface area contributed by atoms with Gasteiger partial charge in [-0.3, -0.25) is 14.5 Å². The molecule has 0 bridgehead atoms. The van der Waals surface area contributed by atoms with Crippen LogP contribution in [0.15, 0.2) is 70.9 Å². The lowest BCUT2D eigenvalue weighted by Crippen LogP contribution is -2.29. The van der Waals surface area contributed by atoms with E-state index in [0.717, 1.165) is 17.8 Å². The number of benzene rings is 2. The number of hydrogen-bond donors (Lipinski definition) is 1. The third-order valence-corrected chi connectivity index (χ3v) is 6.40. The first-order valence-electron chi connectivity index (χ1n) is 10.6. The lowest BCUT2D eigenvalue weighted by Gasteiger charge is -2.20. The van der Waals surface area contributed by atoms with Crippen LogP contribution in [0.4, 0.5) is 9.52 Å². The Morgan fingerprint density at radius 1 is 1.21 bits per heavy atom. The van der Waals surface area contributed by atoms with Gasteiger partial charge in [-0.05, 0) is 48.9 Å². The summed E-state index contributed by atoms with van der Waals surface area (Å²) in [6.07, 6.45) is 2.23. The summed E-state index contributed by atoms with van der Waals surface area (Å²) in [5.74, 6) is -1.70. The van der Waals surface area contributed by atoms with E-state index in [0.29, 0.717) is 28.1 Å². The van der Waals surface area contributed by atoms with Crippen LogP contribution in [0.2, 0.25) is 0 Å². The molecule has 3 heterocycles. The zero-order valence-corrected chi connectivity index (χ0v) is 18.8. The second kappa shape index (κ2) is 8.75. The van der Waals surface area contributed by atoms with Crippen molar-refractivity contribution < 1.29 is 28.2 Å². The van der Waals surface area contributed by atoms with Gasteiger partial charge in [-0.2, -0.15) is 0 Å².